The summed E-state index contributed by atoms with van der Waals surface area (Å²) < 4.78 is 27.4. The lowest BCUT2D eigenvalue weighted by atomic mass is 10.2. The molecule has 1 unspecified atom stereocenters. The standard InChI is InChI=1S/C10H15BrN2O2S2/c1-7-9(5-10(11)16-7)17(14,15)13-4-2-3-8(13)6-12/h5,8H,2-4,6,12H2,1H3. The van der Waals surface area contributed by atoms with Gasteiger partial charge in [0.2, 0.25) is 10.0 Å². The van der Waals surface area contributed by atoms with Crippen LogP contribution in [0.25, 0.3) is 0 Å². The van der Waals surface area contributed by atoms with E-state index in [0.717, 1.165) is 21.5 Å². The Balaban J connectivity index is 2.39. The first-order valence-electron chi connectivity index (χ1n) is 5.44. The van der Waals surface area contributed by atoms with E-state index in [1.54, 1.807) is 10.4 Å². The number of nitrogens with zero attached hydrogens (tertiary/aromatic N) is 1. The Morgan fingerprint density at radius 2 is 2.35 bits per heavy atom. The molecular formula is C10H15BrN2O2S2. The smallest absolute Gasteiger partial charge is 0.244 e. The summed E-state index contributed by atoms with van der Waals surface area (Å²) in [5.74, 6) is 0. The predicted molar refractivity (Wildman–Crippen MR) is 72.7 cm³/mol. The quantitative estimate of drug-likeness (QED) is 0.915. The van der Waals surface area contributed by atoms with Crippen LogP contribution in [-0.4, -0.2) is 31.9 Å². The minimum atomic E-state index is -3.38. The first-order valence-corrected chi connectivity index (χ1v) is 8.49. The zero-order chi connectivity index (χ0) is 12.6. The predicted octanol–water partition coefficient (Wildman–Crippen LogP) is 1.93. The summed E-state index contributed by atoms with van der Waals surface area (Å²) in [4.78, 5) is 1.23. The Bertz CT molecular complexity index is 512. The number of hydrogen-bond acceptors (Lipinski definition) is 4. The molecule has 1 aromatic rings. The van der Waals surface area contributed by atoms with Gasteiger partial charge < -0.3 is 5.73 Å². The molecule has 0 bridgehead atoms. The highest BCUT2D eigenvalue weighted by molar-refractivity contribution is 9.11. The van der Waals surface area contributed by atoms with Crippen LogP contribution in [0.3, 0.4) is 0 Å². The number of halogens is 1. The summed E-state index contributed by atoms with van der Waals surface area (Å²) in [6.45, 7) is 2.80. The molecule has 1 fully saturated rings. The topological polar surface area (TPSA) is 63.4 Å². The molecular weight excluding hydrogens is 324 g/mol. The molecule has 2 N–H and O–H groups in total. The molecule has 1 saturated heterocycles. The number of rotatable bonds is 3. The summed E-state index contributed by atoms with van der Waals surface area (Å²) in [5, 5.41) is 0. The lowest BCUT2D eigenvalue weighted by Gasteiger charge is -2.22. The van der Waals surface area contributed by atoms with Gasteiger partial charge in [0, 0.05) is 24.0 Å². The third-order valence-electron chi connectivity index (χ3n) is 3.02. The van der Waals surface area contributed by atoms with E-state index >= 15 is 0 Å². The van der Waals surface area contributed by atoms with Gasteiger partial charge in [0.05, 0.1) is 8.68 Å². The summed E-state index contributed by atoms with van der Waals surface area (Å²) in [7, 11) is -3.38. The van der Waals surface area contributed by atoms with Crippen LogP contribution in [0, 0.1) is 6.92 Å². The van der Waals surface area contributed by atoms with Crippen LogP contribution in [0.4, 0.5) is 0 Å². The number of hydrogen-bond donors (Lipinski definition) is 1. The van der Waals surface area contributed by atoms with E-state index in [-0.39, 0.29) is 6.04 Å². The van der Waals surface area contributed by atoms with E-state index in [4.69, 9.17) is 5.73 Å². The molecule has 7 heteroatoms. The fourth-order valence-corrected chi connectivity index (χ4v) is 6.26. The number of sulfonamides is 1. The summed E-state index contributed by atoms with van der Waals surface area (Å²) in [6, 6.07) is 1.64. The van der Waals surface area contributed by atoms with E-state index in [9.17, 15) is 8.42 Å². The highest BCUT2D eigenvalue weighted by atomic mass is 79.9. The van der Waals surface area contributed by atoms with Crippen molar-refractivity contribution in [1.82, 2.24) is 4.31 Å². The van der Waals surface area contributed by atoms with Gasteiger partial charge in [-0.05, 0) is 41.8 Å². The molecule has 0 aliphatic carbocycles. The zero-order valence-electron chi connectivity index (χ0n) is 9.52. The highest BCUT2D eigenvalue weighted by Crippen LogP contribution is 2.34. The first kappa shape index (κ1) is 13.5. The van der Waals surface area contributed by atoms with Gasteiger partial charge in [0.15, 0.2) is 0 Å². The van der Waals surface area contributed by atoms with Crippen molar-refractivity contribution in [2.24, 2.45) is 5.73 Å². The van der Waals surface area contributed by atoms with E-state index in [1.165, 1.54) is 11.3 Å². The SMILES string of the molecule is Cc1sc(Br)cc1S(=O)(=O)N1CCCC1CN. The molecule has 17 heavy (non-hydrogen) atoms. The monoisotopic (exact) mass is 338 g/mol. The zero-order valence-corrected chi connectivity index (χ0v) is 12.7. The van der Waals surface area contributed by atoms with Crippen molar-refractivity contribution >= 4 is 37.3 Å². The van der Waals surface area contributed by atoms with Crippen LogP contribution in [0.15, 0.2) is 14.7 Å². The van der Waals surface area contributed by atoms with Crippen molar-refractivity contribution in [2.45, 2.75) is 30.7 Å². The molecule has 1 aromatic heterocycles. The second-order valence-electron chi connectivity index (χ2n) is 4.12. The Kier molecular flexibility index (Phi) is 3.94. The molecule has 4 nitrogen and oxygen atoms in total. The number of aryl methyl sites for hydroxylation is 1. The van der Waals surface area contributed by atoms with E-state index < -0.39 is 10.0 Å². The molecule has 0 spiro atoms. The third kappa shape index (κ3) is 2.44. The van der Waals surface area contributed by atoms with Crippen molar-refractivity contribution in [3.8, 4) is 0 Å². The molecule has 96 valence electrons. The third-order valence-corrected chi connectivity index (χ3v) is 6.78. The molecule has 1 atom stereocenters. The molecule has 1 aliphatic heterocycles. The van der Waals surface area contributed by atoms with Gasteiger partial charge in [0.1, 0.15) is 0 Å². The minimum absolute atomic E-state index is 0.0434. The highest BCUT2D eigenvalue weighted by Gasteiger charge is 2.35. The Hall–Kier alpha value is 0.0500. The molecule has 0 radical (unpaired) electrons. The van der Waals surface area contributed by atoms with E-state index in [0.29, 0.717) is 18.0 Å². The Morgan fingerprint density at radius 1 is 1.65 bits per heavy atom. The fraction of sp³-hybridized carbons (Fsp3) is 0.600. The van der Waals surface area contributed by atoms with E-state index in [1.807, 2.05) is 6.92 Å². The van der Waals surface area contributed by atoms with Crippen LogP contribution in [0.2, 0.25) is 0 Å². The molecule has 0 amide bonds. The molecule has 0 aromatic carbocycles. The maximum atomic E-state index is 12.5. The van der Waals surface area contributed by atoms with Crippen molar-refractivity contribution in [3.05, 3.63) is 14.7 Å². The van der Waals surface area contributed by atoms with Crippen LogP contribution in [-0.2, 0) is 10.0 Å². The second kappa shape index (κ2) is 4.97. The van der Waals surface area contributed by atoms with Gasteiger partial charge in [-0.2, -0.15) is 4.31 Å². The van der Waals surface area contributed by atoms with Gasteiger partial charge in [-0.1, -0.05) is 0 Å². The van der Waals surface area contributed by atoms with Crippen LogP contribution in [0.1, 0.15) is 17.7 Å². The summed E-state index contributed by atoms with van der Waals surface area (Å²) >= 11 is 4.77. The maximum Gasteiger partial charge on any atom is 0.244 e. The van der Waals surface area contributed by atoms with Gasteiger partial charge >= 0.3 is 0 Å². The lowest BCUT2D eigenvalue weighted by molar-refractivity contribution is 0.393. The van der Waals surface area contributed by atoms with Crippen LogP contribution >= 0.6 is 27.3 Å². The van der Waals surface area contributed by atoms with Gasteiger partial charge in [-0.3, -0.25) is 0 Å². The van der Waals surface area contributed by atoms with Crippen molar-refractivity contribution < 1.29 is 8.42 Å². The van der Waals surface area contributed by atoms with E-state index in [2.05, 4.69) is 15.9 Å². The largest absolute Gasteiger partial charge is 0.329 e. The van der Waals surface area contributed by atoms with Crippen LogP contribution < -0.4 is 5.73 Å². The van der Waals surface area contributed by atoms with Gasteiger partial charge in [-0.25, -0.2) is 8.42 Å². The van der Waals surface area contributed by atoms with Crippen molar-refractivity contribution in [2.75, 3.05) is 13.1 Å². The molecule has 2 heterocycles. The number of nitrogens with two attached hydrogens (primary N) is 1. The van der Waals surface area contributed by atoms with Gasteiger partial charge in [-0.15, -0.1) is 11.3 Å². The average molecular weight is 339 g/mol. The lowest BCUT2D eigenvalue weighted by Crippen LogP contribution is -2.39. The van der Waals surface area contributed by atoms with Crippen LogP contribution in [0.5, 0.6) is 0 Å². The first-order chi connectivity index (χ1) is 7.96. The molecule has 0 saturated carbocycles. The Labute approximate surface area is 114 Å². The normalized spacial score (nSPS) is 22.2. The second-order valence-corrected chi connectivity index (χ2v) is 8.61. The average Bonchev–Trinajstić information content (AvgIpc) is 2.84. The minimum Gasteiger partial charge on any atom is -0.329 e. The van der Waals surface area contributed by atoms with Crippen molar-refractivity contribution in [1.29, 1.82) is 0 Å². The summed E-state index contributed by atoms with van der Waals surface area (Å²) in [5.41, 5.74) is 5.63. The molecule has 2 rings (SSSR count). The Morgan fingerprint density at radius 3 is 2.88 bits per heavy atom. The summed E-state index contributed by atoms with van der Waals surface area (Å²) in [6.07, 6.45) is 1.76. The fourth-order valence-electron chi connectivity index (χ4n) is 2.17. The molecule has 1 aliphatic rings. The number of thiophene rings is 1. The van der Waals surface area contributed by atoms with Crippen molar-refractivity contribution in [3.63, 3.8) is 0 Å². The maximum absolute atomic E-state index is 12.5. The van der Waals surface area contributed by atoms with Gasteiger partial charge in [0.25, 0.3) is 0 Å².